The van der Waals surface area contributed by atoms with Crippen LogP contribution in [0.5, 0.6) is 0 Å². The van der Waals surface area contributed by atoms with Gasteiger partial charge in [-0.15, -0.1) is 11.8 Å². The quantitative estimate of drug-likeness (QED) is 0.765. The van der Waals surface area contributed by atoms with Crippen molar-refractivity contribution in [2.24, 2.45) is 0 Å². The molecule has 0 aliphatic rings. The topological polar surface area (TPSA) is 12.0 Å². The van der Waals surface area contributed by atoms with Gasteiger partial charge in [0.2, 0.25) is 0 Å². The molecule has 1 rings (SSSR count). The van der Waals surface area contributed by atoms with E-state index in [0.717, 1.165) is 12.3 Å². The van der Waals surface area contributed by atoms with E-state index in [2.05, 4.69) is 51.2 Å². The van der Waals surface area contributed by atoms with E-state index >= 15 is 0 Å². The minimum Gasteiger partial charge on any atom is -0.310 e. The Balaban J connectivity index is 2.64. The van der Waals surface area contributed by atoms with Crippen molar-refractivity contribution >= 4 is 11.8 Å². The molecule has 1 aromatic carbocycles. The highest BCUT2D eigenvalue weighted by atomic mass is 32.2. The third-order valence-corrected chi connectivity index (χ3v) is 3.31. The summed E-state index contributed by atoms with van der Waals surface area (Å²) in [4.78, 5) is 1.41. The Morgan fingerprint density at radius 1 is 1.33 bits per heavy atom. The van der Waals surface area contributed by atoms with Gasteiger partial charge in [0.05, 0.1) is 0 Å². The molecule has 0 bridgehead atoms. The Morgan fingerprint density at radius 3 is 2.60 bits per heavy atom. The second-order valence-corrected chi connectivity index (χ2v) is 5.37. The lowest BCUT2D eigenvalue weighted by molar-refractivity contribution is 0.588. The number of hydrogen-bond acceptors (Lipinski definition) is 2. The minimum atomic E-state index is 0.551. The zero-order valence-corrected chi connectivity index (χ0v) is 10.9. The zero-order chi connectivity index (χ0) is 11.3. The fourth-order valence-electron chi connectivity index (χ4n) is 1.46. The van der Waals surface area contributed by atoms with E-state index in [4.69, 9.17) is 0 Å². The number of benzene rings is 1. The summed E-state index contributed by atoms with van der Waals surface area (Å²) in [6.07, 6.45) is 0. The van der Waals surface area contributed by atoms with Crippen LogP contribution in [0.1, 0.15) is 31.9 Å². The van der Waals surface area contributed by atoms with Gasteiger partial charge in [-0.3, -0.25) is 0 Å². The van der Waals surface area contributed by atoms with E-state index in [0.29, 0.717) is 6.04 Å². The fraction of sp³-hybridized carbons (Fsp3) is 0.538. The predicted molar refractivity (Wildman–Crippen MR) is 69.6 cm³/mol. The molecular weight excluding hydrogens is 202 g/mol. The van der Waals surface area contributed by atoms with Crippen LogP contribution in [0.2, 0.25) is 0 Å². The molecule has 1 nitrogen and oxygen atoms in total. The second kappa shape index (κ2) is 6.19. The van der Waals surface area contributed by atoms with Crippen LogP contribution in [0.25, 0.3) is 0 Å². The van der Waals surface area contributed by atoms with Gasteiger partial charge in [-0.25, -0.2) is 0 Å². The van der Waals surface area contributed by atoms with Gasteiger partial charge in [0.25, 0.3) is 0 Å². The van der Waals surface area contributed by atoms with E-state index in [9.17, 15) is 0 Å². The number of hydrogen-bond donors (Lipinski definition) is 1. The number of thioether (sulfide) groups is 1. The first-order valence-corrected chi connectivity index (χ1v) is 6.57. The highest BCUT2D eigenvalue weighted by Gasteiger charge is 2.00. The summed E-state index contributed by atoms with van der Waals surface area (Å²) < 4.78 is 0. The lowest BCUT2D eigenvalue weighted by Gasteiger charge is -2.10. The summed E-state index contributed by atoms with van der Waals surface area (Å²) >= 11 is 1.91. The van der Waals surface area contributed by atoms with E-state index in [1.807, 2.05) is 11.8 Å². The van der Waals surface area contributed by atoms with E-state index < -0.39 is 0 Å². The molecule has 0 heterocycles. The molecule has 0 radical (unpaired) electrons. The van der Waals surface area contributed by atoms with Crippen LogP contribution in [0.3, 0.4) is 0 Å². The van der Waals surface area contributed by atoms with Gasteiger partial charge in [0.15, 0.2) is 0 Å². The molecule has 15 heavy (non-hydrogen) atoms. The molecule has 0 saturated carbocycles. The lowest BCUT2D eigenvalue weighted by Crippen LogP contribution is -2.21. The van der Waals surface area contributed by atoms with Gasteiger partial charge in [0.1, 0.15) is 0 Å². The largest absolute Gasteiger partial charge is 0.310 e. The summed E-state index contributed by atoms with van der Waals surface area (Å²) in [5.74, 6) is 1.14. The van der Waals surface area contributed by atoms with Crippen LogP contribution >= 0.6 is 11.8 Å². The van der Waals surface area contributed by atoms with Crippen LogP contribution in [-0.4, -0.2) is 11.8 Å². The minimum absolute atomic E-state index is 0.551. The Labute approximate surface area is 97.7 Å². The zero-order valence-electron chi connectivity index (χ0n) is 10.1. The standard InChI is InChI=1S/C13H21NS/c1-5-15-13-7-6-12(8-11(13)4)9-14-10(2)3/h6-8,10,14H,5,9H2,1-4H3. The van der Waals surface area contributed by atoms with Crippen LogP contribution in [0, 0.1) is 6.92 Å². The maximum atomic E-state index is 3.43. The van der Waals surface area contributed by atoms with Crippen LogP contribution in [-0.2, 0) is 6.54 Å². The van der Waals surface area contributed by atoms with Crippen molar-refractivity contribution in [1.82, 2.24) is 5.32 Å². The highest BCUT2D eigenvalue weighted by molar-refractivity contribution is 7.99. The van der Waals surface area contributed by atoms with E-state index in [-0.39, 0.29) is 0 Å². The number of aryl methyl sites for hydroxylation is 1. The molecule has 0 aliphatic heterocycles. The Morgan fingerprint density at radius 2 is 2.07 bits per heavy atom. The van der Waals surface area contributed by atoms with Crippen LogP contribution in [0.4, 0.5) is 0 Å². The summed E-state index contributed by atoms with van der Waals surface area (Å²) in [6.45, 7) is 9.70. The normalized spacial score (nSPS) is 11.0. The maximum absolute atomic E-state index is 3.43. The predicted octanol–water partition coefficient (Wildman–Crippen LogP) is 3.61. The molecule has 0 saturated heterocycles. The molecule has 84 valence electrons. The first kappa shape index (κ1) is 12.6. The van der Waals surface area contributed by atoms with E-state index in [1.54, 1.807) is 0 Å². The Kier molecular flexibility index (Phi) is 5.20. The van der Waals surface area contributed by atoms with Gasteiger partial charge >= 0.3 is 0 Å². The Bertz CT molecular complexity index is 307. The maximum Gasteiger partial charge on any atom is 0.0207 e. The molecule has 0 amide bonds. The van der Waals surface area contributed by atoms with Crippen LogP contribution < -0.4 is 5.32 Å². The van der Waals surface area contributed by atoms with Gasteiger partial charge < -0.3 is 5.32 Å². The lowest BCUT2D eigenvalue weighted by atomic mass is 10.1. The summed E-state index contributed by atoms with van der Waals surface area (Å²) in [7, 11) is 0. The monoisotopic (exact) mass is 223 g/mol. The smallest absolute Gasteiger partial charge is 0.0207 e. The highest BCUT2D eigenvalue weighted by Crippen LogP contribution is 2.22. The second-order valence-electron chi connectivity index (χ2n) is 4.07. The van der Waals surface area contributed by atoms with E-state index in [1.165, 1.54) is 16.0 Å². The molecular formula is C13H21NS. The number of nitrogens with one attached hydrogen (secondary N) is 1. The molecule has 0 aliphatic carbocycles. The number of rotatable bonds is 5. The van der Waals surface area contributed by atoms with Crippen molar-refractivity contribution in [3.05, 3.63) is 29.3 Å². The third kappa shape index (κ3) is 4.27. The molecule has 1 N–H and O–H groups in total. The van der Waals surface area contributed by atoms with Gasteiger partial charge in [-0.1, -0.05) is 32.9 Å². The molecule has 0 fully saturated rings. The van der Waals surface area contributed by atoms with Crippen molar-refractivity contribution < 1.29 is 0 Å². The SMILES string of the molecule is CCSc1ccc(CNC(C)C)cc1C. The third-order valence-electron chi connectivity index (χ3n) is 2.25. The summed E-state index contributed by atoms with van der Waals surface area (Å²) in [6, 6.07) is 7.30. The van der Waals surface area contributed by atoms with Crippen molar-refractivity contribution in [3.63, 3.8) is 0 Å². The van der Waals surface area contributed by atoms with Gasteiger partial charge in [-0.05, 0) is 29.9 Å². The molecule has 0 aromatic heterocycles. The van der Waals surface area contributed by atoms with Gasteiger partial charge in [0, 0.05) is 17.5 Å². The average Bonchev–Trinajstić information content (AvgIpc) is 2.19. The molecule has 0 spiro atoms. The van der Waals surface area contributed by atoms with Crippen molar-refractivity contribution in [2.75, 3.05) is 5.75 Å². The molecule has 1 aromatic rings. The summed E-state index contributed by atoms with van der Waals surface area (Å²) in [5.41, 5.74) is 2.77. The van der Waals surface area contributed by atoms with Crippen molar-refractivity contribution in [1.29, 1.82) is 0 Å². The Hall–Kier alpha value is -0.470. The molecule has 0 unspecified atom stereocenters. The molecule has 2 heteroatoms. The summed E-state index contributed by atoms with van der Waals surface area (Å²) in [5, 5.41) is 3.43. The van der Waals surface area contributed by atoms with Crippen LogP contribution in [0.15, 0.2) is 23.1 Å². The average molecular weight is 223 g/mol. The molecule has 0 atom stereocenters. The van der Waals surface area contributed by atoms with Crippen molar-refractivity contribution in [3.8, 4) is 0 Å². The van der Waals surface area contributed by atoms with Crippen molar-refractivity contribution in [2.45, 2.75) is 45.2 Å². The fourth-order valence-corrected chi connectivity index (χ4v) is 2.22. The van der Waals surface area contributed by atoms with Gasteiger partial charge in [-0.2, -0.15) is 0 Å². The first-order chi connectivity index (χ1) is 7.13. The first-order valence-electron chi connectivity index (χ1n) is 5.59.